The predicted molar refractivity (Wildman–Crippen MR) is 251 cm³/mol. The number of fused-ring (bicyclic) bond motifs is 1. The zero-order chi connectivity index (χ0) is 47.5. The van der Waals surface area contributed by atoms with E-state index in [1.54, 1.807) is 75.0 Å². The van der Waals surface area contributed by atoms with Gasteiger partial charge in [0.2, 0.25) is 6.41 Å². The molecule has 3 aliphatic rings. The summed E-state index contributed by atoms with van der Waals surface area (Å²) in [5, 5.41) is 10.2. The van der Waals surface area contributed by atoms with Crippen molar-refractivity contribution in [3.63, 3.8) is 0 Å². The number of aromatic nitrogens is 1. The molecule has 4 aromatic rings. The van der Waals surface area contributed by atoms with Crippen molar-refractivity contribution in [3.8, 4) is 23.0 Å². The van der Waals surface area contributed by atoms with Gasteiger partial charge in [-0.2, -0.15) is 13.2 Å². The average molecular weight is 898 g/mol. The van der Waals surface area contributed by atoms with E-state index in [1.165, 1.54) is 6.07 Å². The molecule has 3 fully saturated rings. The Balaban J connectivity index is 0.000000478. The monoisotopic (exact) mass is 898 g/mol. The lowest BCUT2D eigenvalue weighted by molar-refractivity contribution is -0.137. The fourth-order valence-corrected chi connectivity index (χ4v) is 7.14. The number of nitrogens with zero attached hydrogens (tertiary/aromatic N) is 3. The third kappa shape index (κ3) is 17.6. The van der Waals surface area contributed by atoms with Crippen LogP contribution in [-0.2, 0) is 20.6 Å². The van der Waals surface area contributed by atoms with Gasteiger partial charge in [0.05, 0.1) is 25.3 Å². The van der Waals surface area contributed by atoms with Gasteiger partial charge in [0.1, 0.15) is 24.1 Å². The van der Waals surface area contributed by atoms with E-state index in [0.29, 0.717) is 70.9 Å². The summed E-state index contributed by atoms with van der Waals surface area (Å²) in [5.41, 5.74) is 5.32. The second-order valence-corrected chi connectivity index (χ2v) is 14.7. The molecule has 0 aliphatic carbocycles. The number of likely N-dealkylation sites (tertiary alicyclic amines) is 1. The van der Waals surface area contributed by atoms with Crippen LogP contribution in [0.2, 0.25) is 0 Å². The number of ether oxygens (including phenoxy) is 3. The molecule has 0 spiro atoms. The molecule has 3 aliphatic heterocycles. The number of hydrogen-bond donors (Lipinski definition) is 4. The van der Waals surface area contributed by atoms with Crippen LogP contribution < -0.4 is 40.8 Å². The number of carbonyl (C=O) groups excluding carboxylic acids is 3. The Hall–Kier alpha value is -5.45. The molecule has 0 radical (unpaired) electrons. The van der Waals surface area contributed by atoms with Gasteiger partial charge in [0, 0.05) is 71.7 Å². The topological polar surface area (TPSA) is 160 Å². The van der Waals surface area contributed by atoms with Crippen molar-refractivity contribution in [3.05, 3.63) is 72.4 Å². The smallest absolute Gasteiger partial charge is 0.418 e. The number of methoxy groups -OCH3 is 2. The molecule has 0 bridgehead atoms. The van der Waals surface area contributed by atoms with E-state index in [2.05, 4.69) is 38.6 Å². The minimum Gasteiger partial charge on any atom is -0.493 e. The highest BCUT2D eigenvalue weighted by atomic mass is 19.4. The highest BCUT2D eigenvalue weighted by Gasteiger charge is 2.36. The maximum atomic E-state index is 14.1. The van der Waals surface area contributed by atoms with Gasteiger partial charge >= 0.3 is 6.18 Å². The van der Waals surface area contributed by atoms with Crippen molar-refractivity contribution in [2.24, 2.45) is 17.6 Å². The summed E-state index contributed by atoms with van der Waals surface area (Å²) in [6.07, 6.45) is 5.33. The first kappa shape index (κ1) is 54.7. The molecule has 0 atom stereocenters. The van der Waals surface area contributed by atoms with E-state index in [-0.39, 0.29) is 12.1 Å². The first-order valence-electron chi connectivity index (χ1n) is 22.1. The van der Waals surface area contributed by atoms with Crippen molar-refractivity contribution in [2.75, 3.05) is 77.8 Å². The highest BCUT2D eigenvalue weighted by molar-refractivity contribution is 5.88. The number of anilines is 3. The molecule has 0 unspecified atom stereocenters. The van der Waals surface area contributed by atoms with Crippen molar-refractivity contribution in [2.45, 2.75) is 78.4 Å². The minimum atomic E-state index is -4.48. The Kier molecular flexibility index (Phi) is 25.5. The summed E-state index contributed by atoms with van der Waals surface area (Å²) in [6.45, 7) is 13.4. The number of hydrogen-bond acceptors (Lipinski definition) is 12. The lowest BCUT2D eigenvalue weighted by Crippen LogP contribution is -2.41. The van der Waals surface area contributed by atoms with E-state index in [4.69, 9.17) is 19.0 Å². The van der Waals surface area contributed by atoms with E-state index in [9.17, 15) is 22.8 Å². The Morgan fingerprint density at radius 2 is 1.34 bits per heavy atom. The molecule has 7 rings (SSSR count). The van der Waals surface area contributed by atoms with Crippen LogP contribution in [0.4, 0.5) is 30.2 Å². The van der Waals surface area contributed by atoms with Crippen molar-refractivity contribution in [1.82, 2.24) is 20.5 Å². The summed E-state index contributed by atoms with van der Waals surface area (Å²) in [7, 11) is 7.09. The van der Waals surface area contributed by atoms with Crippen molar-refractivity contribution in [1.29, 1.82) is 0 Å². The average Bonchev–Trinajstić information content (AvgIpc) is 3.33. The van der Waals surface area contributed by atoms with Crippen LogP contribution in [0.5, 0.6) is 23.0 Å². The standard InChI is InChI=1S/C30H31F3N4O3.C7H13NO.C6H11NO.2C2H6.CH3NO/c1-34-19-10-13-37(14-11-19)26-8-7-21(16-24(26)30(31,32)33)36-20-5-4-6-22(15-20)40-27-9-12-35-25-18-29(39-3)28(38-2)17-23(25)27;1-8-4-2-7(6-9)3-5-8;8-5-6-1-3-7-4-2-6;2*1-2;2-1-3/h4-9,12,15-19,34,36H,10-11,13-14H2,1-3H3;6-7H,2-5H2,1H3;5-7H,1-4H2;2*1-2H3;1H,(H2,2,3). The van der Waals surface area contributed by atoms with Crippen molar-refractivity contribution < 1.29 is 41.8 Å². The Labute approximate surface area is 377 Å². The molecule has 1 aromatic heterocycles. The Bertz CT molecular complexity index is 1950. The number of primary amides is 1. The first-order chi connectivity index (χ1) is 31.0. The maximum Gasteiger partial charge on any atom is 0.418 e. The molecule has 0 saturated carbocycles. The number of halogens is 3. The number of piperidine rings is 3. The first-order valence-corrected chi connectivity index (χ1v) is 22.1. The number of pyridine rings is 1. The summed E-state index contributed by atoms with van der Waals surface area (Å²) in [5.74, 6) is 2.84. The van der Waals surface area contributed by atoms with Gasteiger partial charge in [-0.15, -0.1) is 0 Å². The zero-order valence-electron chi connectivity index (χ0n) is 38.8. The summed E-state index contributed by atoms with van der Waals surface area (Å²) in [6, 6.07) is 17.1. The van der Waals surface area contributed by atoms with Crippen molar-refractivity contribution >= 4 is 46.9 Å². The normalized spacial score (nSPS) is 15.6. The molecule has 16 heteroatoms. The van der Waals surface area contributed by atoms with Gasteiger partial charge in [-0.1, -0.05) is 33.8 Å². The van der Waals surface area contributed by atoms with E-state index in [1.807, 2.05) is 39.6 Å². The number of benzene rings is 3. The molecule has 1 amide bonds. The maximum absolute atomic E-state index is 14.1. The molecule has 4 heterocycles. The molecule has 64 heavy (non-hydrogen) atoms. The van der Waals surface area contributed by atoms with Gasteiger partial charge in [-0.25, -0.2) is 0 Å². The molecule has 13 nitrogen and oxygen atoms in total. The molecule has 354 valence electrons. The lowest BCUT2D eigenvalue weighted by Gasteiger charge is -2.35. The molecule has 3 aromatic carbocycles. The fourth-order valence-electron chi connectivity index (χ4n) is 7.14. The number of alkyl halides is 3. The third-order valence-electron chi connectivity index (χ3n) is 10.6. The summed E-state index contributed by atoms with van der Waals surface area (Å²) < 4.78 is 59.2. The Morgan fingerprint density at radius 3 is 1.89 bits per heavy atom. The van der Waals surface area contributed by atoms with Crippen LogP contribution in [0.15, 0.2) is 66.9 Å². The Morgan fingerprint density at radius 1 is 0.766 bits per heavy atom. The fraction of sp³-hybridized carbons (Fsp3) is 0.500. The number of amides is 1. The van der Waals surface area contributed by atoms with Gasteiger partial charge in [0.25, 0.3) is 0 Å². The molecular weight excluding hydrogens is 828 g/mol. The van der Waals surface area contributed by atoms with Gasteiger partial charge in [0.15, 0.2) is 11.5 Å². The minimum absolute atomic E-state index is 0.210. The van der Waals surface area contributed by atoms with Crippen LogP contribution in [0.25, 0.3) is 10.9 Å². The lowest BCUT2D eigenvalue weighted by atomic mass is 9.99. The van der Waals surface area contributed by atoms with Crippen LogP contribution in [0, 0.1) is 11.8 Å². The van der Waals surface area contributed by atoms with Gasteiger partial charge in [-0.3, -0.25) is 9.78 Å². The largest absolute Gasteiger partial charge is 0.493 e. The van der Waals surface area contributed by atoms with E-state index in [0.717, 1.165) is 82.7 Å². The second-order valence-electron chi connectivity index (χ2n) is 14.7. The number of aldehydes is 2. The number of nitrogens with one attached hydrogen (secondary N) is 3. The number of carbonyl (C=O) groups is 3. The molecule has 5 N–H and O–H groups in total. The quantitative estimate of drug-likeness (QED) is 0.112. The number of nitrogens with two attached hydrogens (primary N) is 1. The molecular formula is C48H70F3N7O6. The molecule has 3 saturated heterocycles. The number of rotatable bonds is 10. The second kappa shape index (κ2) is 29.8. The SMILES string of the molecule is CC.CC.CN1CCC(C=O)CC1.CNC1CCN(c2ccc(Nc3cccc(Oc4ccnc5cc(OC)c(OC)cc45)c3)cc2C(F)(F)F)CC1.NC=O.O=CC1CCNCC1. The highest BCUT2D eigenvalue weighted by Crippen LogP contribution is 2.41. The summed E-state index contributed by atoms with van der Waals surface area (Å²) in [4.78, 5) is 37.4. The van der Waals surface area contributed by atoms with Crippen LogP contribution in [0.1, 0.15) is 71.8 Å². The third-order valence-corrected chi connectivity index (χ3v) is 10.6. The zero-order valence-corrected chi connectivity index (χ0v) is 38.8. The van der Waals surface area contributed by atoms with Crippen LogP contribution >= 0.6 is 0 Å². The van der Waals surface area contributed by atoms with Gasteiger partial charge in [-0.05, 0) is 121 Å². The summed E-state index contributed by atoms with van der Waals surface area (Å²) >= 11 is 0. The van der Waals surface area contributed by atoms with Crippen LogP contribution in [-0.4, -0.2) is 102 Å². The predicted octanol–water partition coefficient (Wildman–Crippen LogP) is 8.86. The van der Waals surface area contributed by atoms with E-state index >= 15 is 0 Å². The van der Waals surface area contributed by atoms with Gasteiger partial charge < -0.3 is 55.3 Å². The van der Waals surface area contributed by atoms with E-state index < -0.39 is 11.7 Å². The van der Waals surface area contributed by atoms with Crippen LogP contribution in [0.3, 0.4) is 0 Å².